The van der Waals surface area contributed by atoms with Gasteiger partial charge < -0.3 is 10.3 Å². The van der Waals surface area contributed by atoms with E-state index in [1.807, 2.05) is 12.3 Å². The molecule has 90 valence electrons. The van der Waals surface area contributed by atoms with Crippen molar-refractivity contribution < 1.29 is 0 Å². The highest BCUT2D eigenvalue weighted by molar-refractivity contribution is 9.10. The summed E-state index contributed by atoms with van der Waals surface area (Å²) in [6, 6.07) is 8.73. The molecule has 0 saturated carbocycles. The molecule has 4 heteroatoms. The van der Waals surface area contributed by atoms with Gasteiger partial charge in [-0.2, -0.15) is 0 Å². The molecule has 1 unspecified atom stereocenters. The van der Waals surface area contributed by atoms with E-state index in [0.29, 0.717) is 6.04 Å². The van der Waals surface area contributed by atoms with Gasteiger partial charge in [-0.3, -0.25) is 0 Å². The lowest BCUT2D eigenvalue weighted by molar-refractivity contribution is 0.571. The molecule has 1 aromatic heterocycles. The Labute approximate surface area is 110 Å². The highest BCUT2D eigenvalue weighted by Crippen LogP contribution is 2.17. The third-order valence-electron chi connectivity index (χ3n) is 2.72. The summed E-state index contributed by atoms with van der Waals surface area (Å²) in [7, 11) is 0. The van der Waals surface area contributed by atoms with Gasteiger partial charge >= 0.3 is 0 Å². The summed E-state index contributed by atoms with van der Waals surface area (Å²) in [5, 5.41) is 3.48. The number of imidazole rings is 1. The molecule has 0 spiro atoms. The number of halogens is 1. The Hall–Kier alpha value is -1.13. The predicted molar refractivity (Wildman–Crippen MR) is 72.9 cm³/mol. The van der Waals surface area contributed by atoms with Crippen molar-refractivity contribution >= 4 is 15.9 Å². The normalized spacial score (nSPS) is 12.6. The van der Waals surface area contributed by atoms with Crippen molar-refractivity contribution in [3.8, 4) is 0 Å². The molecule has 2 aromatic rings. The minimum absolute atomic E-state index is 0.350. The molecule has 0 aliphatic carbocycles. The lowest BCUT2D eigenvalue weighted by Crippen LogP contribution is -2.21. The predicted octanol–water partition coefficient (Wildman–Crippen LogP) is 3.07. The van der Waals surface area contributed by atoms with Crippen LogP contribution in [0.25, 0.3) is 0 Å². The molecule has 0 fully saturated rings. The second kappa shape index (κ2) is 5.98. The zero-order valence-electron chi connectivity index (χ0n) is 9.78. The van der Waals surface area contributed by atoms with Crippen LogP contribution in [0.3, 0.4) is 0 Å². The Morgan fingerprint density at radius 1 is 1.47 bits per heavy atom. The Balaban J connectivity index is 1.83. The molecule has 0 amide bonds. The van der Waals surface area contributed by atoms with Crippen LogP contribution in [0.15, 0.2) is 41.1 Å². The summed E-state index contributed by atoms with van der Waals surface area (Å²) in [5.74, 6) is 1.03. The highest BCUT2D eigenvalue weighted by atomic mass is 79.9. The van der Waals surface area contributed by atoms with Crippen LogP contribution in [0, 0.1) is 0 Å². The maximum atomic E-state index is 4.20. The molecule has 2 N–H and O–H groups in total. The van der Waals surface area contributed by atoms with E-state index < -0.39 is 0 Å². The number of nitrogens with zero attached hydrogens (tertiary/aromatic N) is 1. The first kappa shape index (κ1) is 12.3. The lowest BCUT2D eigenvalue weighted by atomic mass is 10.1. The number of rotatable bonds is 5. The van der Waals surface area contributed by atoms with Crippen LogP contribution in [0.2, 0.25) is 0 Å². The van der Waals surface area contributed by atoms with Crippen molar-refractivity contribution in [2.75, 3.05) is 6.54 Å². The van der Waals surface area contributed by atoms with Gasteiger partial charge in [0.25, 0.3) is 0 Å². The molecule has 0 aliphatic rings. The number of hydrogen-bond donors (Lipinski definition) is 2. The molecule has 0 radical (unpaired) electrons. The first-order chi connectivity index (χ1) is 8.25. The van der Waals surface area contributed by atoms with Crippen molar-refractivity contribution in [1.29, 1.82) is 0 Å². The standard InChI is InChI=1S/C13H16BrN3/c1-10(11-3-2-4-12(14)9-11)15-6-5-13-16-7-8-17-13/h2-4,7-10,15H,5-6H2,1H3,(H,16,17). The van der Waals surface area contributed by atoms with E-state index >= 15 is 0 Å². The Kier molecular flexibility index (Phi) is 4.34. The van der Waals surface area contributed by atoms with E-state index in [1.165, 1.54) is 5.56 Å². The average Bonchev–Trinajstić information content (AvgIpc) is 2.82. The summed E-state index contributed by atoms with van der Waals surface area (Å²) >= 11 is 3.49. The molecule has 17 heavy (non-hydrogen) atoms. The summed E-state index contributed by atoms with van der Waals surface area (Å²) in [5.41, 5.74) is 1.29. The zero-order chi connectivity index (χ0) is 12.1. The van der Waals surface area contributed by atoms with Crippen LogP contribution in [-0.2, 0) is 6.42 Å². The lowest BCUT2D eigenvalue weighted by Gasteiger charge is -2.14. The van der Waals surface area contributed by atoms with Crippen LogP contribution < -0.4 is 5.32 Å². The summed E-state index contributed by atoms with van der Waals surface area (Å²) in [6.45, 7) is 3.09. The van der Waals surface area contributed by atoms with Crippen LogP contribution in [-0.4, -0.2) is 16.5 Å². The topological polar surface area (TPSA) is 40.7 Å². The van der Waals surface area contributed by atoms with Crippen LogP contribution in [0.5, 0.6) is 0 Å². The average molecular weight is 294 g/mol. The van der Waals surface area contributed by atoms with Gasteiger partial charge in [0.15, 0.2) is 0 Å². The van der Waals surface area contributed by atoms with Gasteiger partial charge in [0.2, 0.25) is 0 Å². The number of hydrogen-bond acceptors (Lipinski definition) is 2. The molecule has 1 heterocycles. The summed E-state index contributed by atoms with van der Waals surface area (Å²) in [4.78, 5) is 7.30. The van der Waals surface area contributed by atoms with Gasteiger partial charge in [0.1, 0.15) is 5.82 Å². The van der Waals surface area contributed by atoms with Gasteiger partial charge in [-0.05, 0) is 24.6 Å². The van der Waals surface area contributed by atoms with E-state index in [2.05, 4.69) is 56.3 Å². The second-order valence-electron chi connectivity index (χ2n) is 4.02. The number of aromatic amines is 1. The SMILES string of the molecule is CC(NCCc1ncc[nH]1)c1cccc(Br)c1. The molecule has 1 aromatic carbocycles. The monoisotopic (exact) mass is 293 g/mol. The fourth-order valence-corrected chi connectivity index (χ4v) is 2.15. The van der Waals surface area contributed by atoms with E-state index in [9.17, 15) is 0 Å². The van der Waals surface area contributed by atoms with Crippen molar-refractivity contribution in [2.45, 2.75) is 19.4 Å². The number of benzene rings is 1. The number of H-pyrrole nitrogens is 1. The summed E-state index contributed by atoms with van der Waals surface area (Å²) in [6.07, 6.45) is 4.56. The van der Waals surface area contributed by atoms with Crippen molar-refractivity contribution in [1.82, 2.24) is 15.3 Å². The fraction of sp³-hybridized carbons (Fsp3) is 0.308. The van der Waals surface area contributed by atoms with Gasteiger partial charge in [-0.25, -0.2) is 4.98 Å². The third-order valence-corrected chi connectivity index (χ3v) is 3.21. The summed E-state index contributed by atoms with van der Waals surface area (Å²) < 4.78 is 1.12. The highest BCUT2D eigenvalue weighted by Gasteiger charge is 2.04. The molecule has 0 saturated heterocycles. The Morgan fingerprint density at radius 2 is 2.35 bits per heavy atom. The molecular weight excluding hydrogens is 278 g/mol. The largest absolute Gasteiger partial charge is 0.349 e. The van der Waals surface area contributed by atoms with Crippen LogP contribution in [0.1, 0.15) is 24.4 Å². The molecule has 2 rings (SSSR count). The van der Waals surface area contributed by atoms with E-state index in [-0.39, 0.29) is 0 Å². The first-order valence-electron chi connectivity index (χ1n) is 5.73. The number of nitrogens with one attached hydrogen (secondary N) is 2. The first-order valence-corrected chi connectivity index (χ1v) is 6.52. The fourth-order valence-electron chi connectivity index (χ4n) is 1.74. The molecule has 0 bridgehead atoms. The van der Waals surface area contributed by atoms with Gasteiger partial charge in [-0.1, -0.05) is 28.1 Å². The number of aromatic nitrogens is 2. The Morgan fingerprint density at radius 3 is 3.06 bits per heavy atom. The Bertz CT molecular complexity index is 453. The van der Waals surface area contributed by atoms with E-state index in [0.717, 1.165) is 23.3 Å². The zero-order valence-corrected chi connectivity index (χ0v) is 11.4. The molecule has 0 aliphatic heterocycles. The van der Waals surface area contributed by atoms with Gasteiger partial charge in [0, 0.05) is 35.9 Å². The molecule has 3 nitrogen and oxygen atoms in total. The molecular formula is C13H16BrN3. The third kappa shape index (κ3) is 3.68. The minimum atomic E-state index is 0.350. The van der Waals surface area contributed by atoms with Crippen molar-refractivity contribution in [3.63, 3.8) is 0 Å². The van der Waals surface area contributed by atoms with Gasteiger partial charge in [0.05, 0.1) is 0 Å². The molecule has 1 atom stereocenters. The maximum absolute atomic E-state index is 4.20. The second-order valence-corrected chi connectivity index (χ2v) is 4.93. The van der Waals surface area contributed by atoms with E-state index in [4.69, 9.17) is 0 Å². The quantitative estimate of drug-likeness (QED) is 0.889. The van der Waals surface area contributed by atoms with Crippen LogP contribution in [0.4, 0.5) is 0 Å². The van der Waals surface area contributed by atoms with Crippen molar-refractivity contribution in [2.24, 2.45) is 0 Å². The van der Waals surface area contributed by atoms with Gasteiger partial charge in [-0.15, -0.1) is 0 Å². The van der Waals surface area contributed by atoms with Crippen LogP contribution >= 0.6 is 15.9 Å². The maximum Gasteiger partial charge on any atom is 0.107 e. The van der Waals surface area contributed by atoms with Crippen molar-refractivity contribution in [3.05, 3.63) is 52.5 Å². The smallest absolute Gasteiger partial charge is 0.107 e. The van der Waals surface area contributed by atoms with E-state index in [1.54, 1.807) is 6.20 Å². The minimum Gasteiger partial charge on any atom is -0.349 e.